The Balaban J connectivity index is 2.12. The Hall–Kier alpha value is -2.82. The Morgan fingerprint density at radius 2 is 2.23 bits per heavy atom. The lowest BCUT2D eigenvalue weighted by Crippen LogP contribution is -2.48. The molecular formula is C15H17N3O7S. The van der Waals surface area contributed by atoms with Gasteiger partial charge in [0.05, 0.1) is 23.2 Å². The van der Waals surface area contributed by atoms with Crippen LogP contribution < -0.4 is 15.0 Å². The van der Waals surface area contributed by atoms with E-state index in [1.165, 1.54) is 28.8 Å². The summed E-state index contributed by atoms with van der Waals surface area (Å²) >= 11 is 1.46. The number of esters is 1. The van der Waals surface area contributed by atoms with Gasteiger partial charge in [-0.15, -0.1) is 0 Å². The zero-order chi connectivity index (χ0) is 19.3. The monoisotopic (exact) mass is 383 g/mol. The van der Waals surface area contributed by atoms with Crippen LogP contribution in [0.2, 0.25) is 0 Å². The van der Waals surface area contributed by atoms with Crippen molar-refractivity contribution >= 4 is 41.0 Å². The topological polar surface area (TPSA) is 139 Å². The number of nitrogens with zero attached hydrogens (tertiary/aromatic N) is 2. The van der Waals surface area contributed by atoms with E-state index in [-0.39, 0.29) is 30.9 Å². The first kappa shape index (κ1) is 19.5. The second-order valence-electron chi connectivity index (χ2n) is 5.48. The van der Waals surface area contributed by atoms with Gasteiger partial charge in [-0.1, -0.05) is 0 Å². The number of fused-ring (bicyclic) bond motifs is 1. The van der Waals surface area contributed by atoms with Gasteiger partial charge >= 0.3 is 11.9 Å². The molecule has 0 aromatic heterocycles. The Kier molecular flexibility index (Phi) is 6.39. The van der Waals surface area contributed by atoms with Crippen molar-refractivity contribution in [3.63, 3.8) is 0 Å². The van der Waals surface area contributed by atoms with Crippen LogP contribution >= 0.6 is 11.8 Å². The van der Waals surface area contributed by atoms with Crippen LogP contribution in [0.1, 0.15) is 6.42 Å². The van der Waals surface area contributed by atoms with Crippen molar-refractivity contribution < 1.29 is 29.2 Å². The summed E-state index contributed by atoms with van der Waals surface area (Å²) < 4.78 is 4.99. The number of benzene rings is 1. The molecule has 1 unspecified atom stereocenters. The SMILES string of the molecule is CSCCC(NC(=O)CN1CC(=O)Oc2cc([N+](=O)[O-])ccc21)C(=O)O. The third kappa shape index (κ3) is 4.85. The number of thioether (sulfide) groups is 1. The van der Waals surface area contributed by atoms with Crippen molar-refractivity contribution in [3.05, 3.63) is 28.3 Å². The third-order valence-corrected chi connectivity index (χ3v) is 4.26. The number of ether oxygens (including phenoxy) is 1. The van der Waals surface area contributed by atoms with Crippen LogP contribution in [0.4, 0.5) is 11.4 Å². The third-order valence-electron chi connectivity index (χ3n) is 3.62. The van der Waals surface area contributed by atoms with E-state index in [1.54, 1.807) is 0 Å². The minimum absolute atomic E-state index is 0.0135. The van der Waals surface area contributed by atoms with Crippen LogP contribution in [0, 0.1) is 10.1 Å². The molecule has 26 heavy (non-hydrogen) atoms. The summed E-state index contributed by atoms with van der Waals surface area (Å²) in [6.45, 7) is -0.496. The van der Waals surface area contributed by atoms with E-state index in [1.807, 2.05) is 6.26 Å². The van der Waals surface area contributed by atoms with Crippen molar-refractivity contribution in [3.8, 4) is 5.75 Å². The molecule has 1 aromatic carbocycles. The first-order chi connectivity index (χ1) is 12.3. The normalized spacial score (nSPS) is 14.2. The second kappa shape index (κ2) is 8.52. The van der Waals surface area contributed by atoms with Gasteiger partial charge < -0.3 is 20.1 Å². The summed E-state index contributed by atoms with van der Waals surface area (Å²) in [6, 6.07) is 2.70. The van der Waals surface area contributed by atoms with E-state index >= 15 is 0 Å². The minimum Gasteiger partial charge on any atom is -0.480 e. The Morgan fingerprint density at radius 1 is 1.50 bits per heavy atom. The second-order valence-corrected chi connectivity index (χ2v) is 6.46. The predicted octanol–water partition coefficient (Wildman–Crippen LogP) is 0.643. The molecule has 0 saturated heterocycles. The minimum atomic E-state index is -1.14. The van der Waals surface area contributed by atoms with E-state index in [9.17, 15) is 24.5 Å². The van der Waals surface area contributed by atoms with Gasteiger partial charge in [0.15, 0.2) is 5.75 Å². The van der Waals surface area contributed by atoms with E-state index in [4.69, 9.17) is 9.84 Å². The van der Waals surface area contributed by atoms with E-state index < -0.39 is 28.8 Å². The molecule has 11 heteroatoms. The van der Waals surface area contributed by atoms with Gasteiger partial charge in [0, 0.05) is 6.07 Å². The van der Waals surface area contributed by atoms with Crippen LogP contribution in [0.3, 0.4) is 0 Å². The van der Waals surface area contributed by atoms with Crippen molar-refractivity contribution in [1.82, 2.24) is 5.32 Å². The quantitative estimate of drug-likeness (QED) is 0.286. The predicted molar refractivity (Wildman–Crippen MR) is 93.5 cm³/mol. The summed E-state index contributed by atoms with van der Waals surface area (Å²) in [5.41, 5.74) is 0.104. The molecule has 1 aliphatic rings. The van der Waals surface area contributed by atoms with Crippen LogP contribution in [0.15, 0.2) is 18.2 Å². The first-order valence-electron chi connectivity index (χ1n) is 7.57. The van der Waals surface area contributed by atoms with Gasteiger partial charge in [0.25, 0.3) is 5.69 Å². The molecule has 0 bridgehead atoms. The lowest BCUT2D eigenvalue weighted by molar-refractivity contribution is -0.384. The molecule has 0 saturated carbocycles. The number of amides is 1. The zero-order valence-electron chi connectivity index (χ0n) is 13.8. The number of hydrogen-bond acceptors (Lipinski definition) is 8. The highest BCUT2D eigenvalue weighted by molar-refractivity contribution is 7.98. The lowest BCUT2D eigenvalue weighted by Gasteiger charge is -2.29. The molecule has 140 valence electrons. The van der Waals surface area contributed by atoms with E-state index in [2.05, 4.69) is 5.32 Å². The lowest BCUT2D eigenvalue weighted by atomic mass is 10.2. The number of carbonyl (C=O) groups is 3. The first-order valence-corrected chi connectivity index (χ1v) is 8.96. The summed E-state index contributed by atoms with van der Waals surface area (Å²) in [7, 11) is 0. The maximum Gasteiger partial charge on any atom is 0.331 e. The molecule has 1 amide bonds. The summed E-state index contributed by atoms with van der Waals surface area (Å²) in [4.78, 5) is 46.7. The molecule has 1 aliphatic heterocycles. The molecule has 1 heterocycles. The number of aliphatic carboxylic acids is 1. The number of carbonyl (C=O) groups excluding carboxylic acids is 2. The van der Waals surface area contributed by atoms with Crippen molar-refractivity contribution in [2.75, 3.05) is 30.0 Å². The van der Waals surface area contributed by atoms with Crippen molar-refractivity contribution in [2.45, 2.75) is 12.5 Å². The molecule has 0 aliphatic carbocycles. The zero-order valence-corrected chi connectivity index (χ0v) is 14.7. The Morgan fingerprint density at radius 3 is 2.85 bits per heavy atom. The summed E-state index contributed by atoms with van der Waals surface area (Å²) in [6.07, 6.45) is 2.10. The molecule has 1 atom stereocenters. The molecule has 2 rings (SSSR count). The summed E-state index contributed by atoms with van der Waals surface area (Å²) in [5, 5.41) is 22.4. The largest absolute Gasteiger partial charge is 0.480 e. The maximum absolute atomic E-state index is 12.2. The van der Waals surface area contributed by atoms with Crippen LogP contribution in [0.5, 0.6) is 5.75 Å². The number of anilines is 1. The molecule has 2 N–H and O–H groups in total. The highest BCUT2D eigenvalue weighted by Crippen LogP contribution is 2.34. The molecule has 0 spiro atoms. The standard InChI is InChI=1S/C15H17N3O7S/c1-26-5-4-10(15(21)22)16-13(19)7-17-8-14(20)25-12-6-9(18(23)24)2-3-11(12)17/h2-3,6,10H,4-5,7-8H2,1H3,(H,16,19)(H,21,22). The van der Waals surface area contributed by atoms with Gasteiger partial charge in [-0.05, 0) is 24.5 Å². The smallest absolute Gasteiger partial charge is 0.331 e. The maximum atomic E-state index is 12.2. The Labute approximate surface area is 152 Å². The number of nitro benzene ring substituents is 1. The number of non-ortho nitro benzene ring substituents is 1. The number of carboxylic acids is 1. The van der Waals surface area contributed by atoms with E-state index in [0.717, 1.165) is 6.07 Å². The molecule has 1 aromatic rings. The van der Waals surface area contributed by atoms with Gasteiger partial charge in [-0.2, -0.15) is 11.8 Å². The number of rotatable bonds is 8. The number of nitro groups is 1. The molecule has 0 fully saturated rings. The highest BCUT2D eigenvalue weighted by Gasteiger charge is 2.28. The van der Waals surface area contributed by atoms with Gasteiger partial charge in [-0.25, -0.2) is 9.59 Å². The van der Waals surface area contributed by atoms with Crippen LogP contribution in [0.25, 0.3) is 0 Å². The average molecular weight is 383 g/mol. The Bertz CT molecular complexity index is 740. The van der Waals surface area contributed by atoms with Crippen LogP contribution in [-0.4, -0.2) is 59.0 Å². The van der Waals surface area contributed by atoms with Crippen LogP contribution in [-0.2, 0) is 14.4 Å². The van der Waals surface area contributed by atoms with Gasteiger partial charge in [-0.3, -0.25) is 14.9 Å². The van der Waals surface area contributed by atoms with E-state index in [0.29, 0.717) is 11.4 Å². The van der Waals surface area contributed by atoms with Crippen molar-refractivity contribution in [2.24, 2.45) is 0 Å². The molecule has 0 radical (unpaired) electrons. The van der Waals surface area contributed by atoms with Gasteiger partial charge in [0.1, 0.15) is 12.6 Å². The number of carboxylic acid groups (broad SMARTS) is 1. The number of nitrogens with one attached hydrogen (secondary N) is 1. The fourth-order valence-corrected chi connectivity index (χ4v) is 2.87. The van der Waals surface area contributed by atoms with Crippen molar-refractivity contribution in [1.29, 1.82) is 0 Å². The fourth-order valence-electron chi connectivity index (χ4n) is 2.40. The molecular weight excluding hydrogens is 366 g/mol. The fraction of sp³-hybridized carbons (Fsp3) is 0.400. The molecule has 10 nitrogen and oxygen atoms in total. The number of hydrogen-bond donors (Lipinski definition) is 2. The van der Waals surface area contributed by atoms with Gasteiger partial charge in [0.2, 0.25) is 5.91 Å². The summed E-state index contributed by atoms with van der Waals surface area (Å²) in [5.74, 6) is -1.82. The average Bonchev–Trinajstić information content (AvgIpc) is 2.57. The highest BCUT2D eigenvalue weighted by atomic mass is 32.2.